The summed E-state index contributed by atoms with van der Waals surface area (Å²) in [7, 11) is 0. The zero-order chi connectivity index (χ0) is 9.97. The van der Waals surface area contributed by atoms with E-state index < -0.39 is 0 Å². The van der Waals surface area contributed by atoms with Crippen LogP contribution < -0.4 is 10.5 Å². The average molecular weight is 191 g/mol. The normalized spacial score (nSPS) is 24.7. The molecule has 0 radical (unpaired) electrons. The van der Waals surface area contributed by atoms with Crippen LogP contribution >= 0.6 is 0 Å². The Morgan fingerprint density at radius 2 is 2.14 bits per heavy atom. The van der Waals surface area contributed by atoms with Gasteiger partial charge < -0.3 is 10.5 Å². The second-order valence-corrected chi connectivity index (χ2v) is 4.10. The third kappa shape index (κ3) is 2.07. The predicted molar refractivity (Wildman–Crippen MR) is 57.1 cm³/mol. The molecular formula is C12H17NO. The van der Waals surface area contributed by atoms with Crippen LogP contribution in [0.5, 0.6) is 5.75 Å². The first-order chi connectivity index (χ1) is 6.81. The Hall–Kier alpha value is -1.02. The van der Waals surface area contributed by atoms with Crippen molar-refractivity contribution < 1.29 is 4.74 Å². The van der Waals surface area contributed by atoms with Crippen molar-refractivity contribution in [3.05, 3.63) is 29.8 Å². The molecule has 1 aromatic rings. The van der Waals surface area contributed by atoms with E-state index in [-0.39, 0.29) is 0 Å². The van der Waals surface area contributed by atoms with Gasteiger partial charge in [0.2, 0.25) is 0 Å². The molecular weight excluding hydrogens is 174 g/mol. The van der Waals surface area contributed by atoms with E-state index in [1.807, 2.05) is 24.3 Å². The number of hydrogen-bond donors (Lipinski definition) is 1. The highest BCUT2D eigenvalue weighted by molar-refractivity contribution is 5.33. The molecule has 76 valence electrons. The molecule has 0 bridgehead atoms. The van der Waals surface area contributed by atoms with Crippen LogP contribution in [0.2, 0.25) is 0 Å². The predicted octanol–water partition coefficient (Wildman–Crippen LogP) is 2.18. The summed E-state index contributed by atoms with van der Waals surface area (Å²) in [5, 5.41) is 0. The van der Waals surface area contributed by atoms with E-state index in [9.17, 15) is 0 Å². The van der Waals surface area contributed by atoms with Crippen LogP contribution in [-0.2, 0) is 6.54 Å². The molecule has 0 amide bonds. The van der Waals surface area contributed by atoms with E-state index in [1.165, 1.54) is 6.42 Å². The fourth-order valence-corrected chi connectivity index (χ4v) is 1.64. The number of benzene rings is 1. The molecule has 2 atom stereocenters. The van der Waals surface area contributed by atoms with E-state index in [1.54, 1.807) is 0 Å². The summed E-state index contributed by atoms with van der Waals surface area (Å²) < 4.78 is 5.74. The molecule has 1 fully saturated rings. The summed E-state index contributed by atoms with van der Waals surface area (Å²) in [4.78, 5) is 0. The topological polar surface area (TPSA) is 35.2 Å². The smallest absolute Gasteiger partial charge is 0.123 e. The summed E-state index contributed by atoms with van der Waals surface area (Å²) in [5.74, 6) is 2.56. The molecule has 1 saturated carbocycles. The molecule has 0 spiro atoms. The van der Waals surface area contributed by atoms with Crippen LogP contribution in [0.25, 0.3) is 0 Å². The van der Waals surface area contributed by atoms with Crippen LogP contribution in [0.3, 0.4) is 0 Å². The molecule has 2 N–H and O–H groups in total. The molecule has 0 heterocycles. The van der Waals surface area contributed by atoms with Crippen molar-refractivity contribution in [1.29, 1.82) is 0 Å². The maximum absolute atomic E-state index is 5.74. The molecule has 0 aliphatic heterocycles. The molecule has 1 aliphatic rings. The summed E-state index contributed by atoms with van der Waals surface area (Å²) >= 11 is 0. The van der Waals surface area contributed by atoms with Gasteiger partial charge in [0, 0.05) is 12.1 Å². The van der Waals surface area contributed by atoms with Gasteiger partial charge in [0.1, 0.15) is 5.75 Å². The third-order valence-corrected chi connectivity index (χ3v) is 2.92. The van der Waals surface area contributed by atoms with E-state index in [4.69, 9.17) is 10.5 Å². The summed E-state index contributed by atoms with van der Waals surface area (Å²) in [6.45, 7) is 3.66. The van der Waals surface area contributed by atoms with Crippen LogP contribution in [0, 0.1) is 11.8 Å². The first-order valence-electron chi connectivity index (χ1n) is 5.22. The minimum Gasteiger partial charge on any atom is -0.493 e. The maximum Gasteiger partial charge on any atom is 0.123 e. The number of rotatable bonds is 4. The van der Waals surface area contributed by atoms with Crippen LogP contribution in [-0.4, -0.2) is 6.61 Å². The highest BCUT2D eigenvalue weighted by Crippen LogP contribution is 2.38. The lowest BCUT2D eigenvalue weighted by Gasteiger charge is -2.09. The summed E-state index contributed by atoms with van der Waals surface area (Å²) in [6, 6.07) is 8.00. The number of nitrogens with two attached hydrogens (primary N) is 1. The Morgan fingerprint density at radius 1 is 1.43 bits per heavy atom. The first-order valence-corrected chi connectivity index (χ1v) is 5.22. The lowest BCUT2D eigenvalue weighted by Crippen LogP contribution is -2.05. The Balaban J connectivity index is 1.94. The largest absolute Gasteiger partial charge is 0.493 e. The SMILES string of the molecule is C[C@H]1C[C@@H]1COc1ccccc1CN. The second-order valence-electron chi connectivity index (χ2n) is 4.10. The van der Waals surface area contributed by atoms with Gasteiger partial charge in [-0.1, -0.05) is 25.1 Å². The number of para-hydroxylation sites is 1. The van der Waals surface area contributed by atoms with Gasteiger partial charge in [-0.2, -0.15) is 0 Å². The number of hydrogen-bond acceptors (Lipinski definition) is 2. The lowest BCUT2D eigenvalue weighted by atomic mass is 10.2. The van der Waals surface area contributed by atoms with Crippen molar-refractivity contribution in [2.45, 2.75) is 19.9 Å². The van der Waals surface area contributed by atoms with Crippen molar-refractivity contribution in [2.75, 3.05) is 6.61 Å². The van der Waals surface area contributed by atoms with Gasteiger partial charge in [-0.3, -0.25) is 0 Å². The zero-order valence-electron chi connectivity index (χ0n) is 8.57. The molecule has 1 aromatic carbocycles. The van der Waals surface area contributed by atoms with Crippen LogP contribution in [0.15, 0.2) is 24.3 Å². The highest BCUT2D eigenvalue weighted by atomic mass is 16.5. The Labute approximate surface area is 85.1 Å². The van der Waals surface area contributed by atoms with Crippen molar-refractivity contribution in [2.24, 2.45) is 17.6 Å². The van der Waals surface area contributed by atoms with Crippen molar-refractivity contribution in [3.8, 4) is 5.75 Å². The van der Waals surface area contributed by atoms with Crippen LogP contribution in [0.4, 0.5) is 0 Å². The van der Waals surface area contributed by atoms with Gasteiger partial charge in [-0.15, -0.1) is 0 Å². The fraction of sp³-hybridized carbons (Fsp3) is 0.500. The van der Waals surface area contributed by atoms with Gasteiger partial charge in [0.05, 0.1) is 6.61 Å². The first kappa shape index (κ1) is 9.53. The third-order valence-electron chi connectivity index (χ3n) is 2.92. The van der Waals surface area contributed by atoms with Crippen LogP contribution in [0.1, 0.15) is 18.9 Å². The minimum absolute atomic E-state index is 0.552. The highest BCUT2D eigenvalue weighted by Gasteiger charge is 2.33. The monoisotopic (exact) mass is 191 g/mol. The molecule has 2 nitrogen and oxygen atoms in total. The molecule has 14 heavy (non-hydrogen) atoms. The Kier molecular flexibility index (Phi) is 2.73. The van der Waals surface area contributed by atoms with Crippen molar-refractivity contribution in [3.63, 3.8) is 0 Å². The second kappa shape index (κ2) is 4.01. The van der Waals surface area contributed by atoms with Gasteiger partial charge >= 0.3 is 0 Å². The fourth-order valence-electron chi connectivity index (χ4n) is 1.64. The van der Waals surface area contributed by atoms with Crippen molar-refractivity contribution >= 4 is 0 Å². The van der Waals surface area contributed by atoms with E-state index in [0.29, 0.717) is 6.54 Å². The van der Waals surface area contributed by atoms with E-state index in [0.717, 1.165) is 29.8 Å². The molecule has 1 aliphatic carbocycles. The molecule has 2 heteroatoms. The van der Waals surface area contributed by atoms with Crippen molar-refractivity contribution in [1.82, 2.24) is 0 Å². The Morgan fingerprint density at radius 3 is 2.79 bits per heavy atom. The molecule has 2 rings (SSSR count). The van der Waals surface area contributed by atoms with Gasteiger partial charge in [-0.05, 0) is 24.3 Å². The summed E-state index contributed by atoms with van der Waals surface area (Å²) in [5.41, 5.74) is 6.72. The average Bonchev–Trinajstić information content (AvgIpc) is 2.92. The number of ether oxygens (including phenoxy) is 1. The quantitative estimate of drug-likeness (QED) is 0.791. The summed E-state index contributed by atoms with van der Waals surface area (Å²) in [6.07, 6.45) is 1.31. The van der Waals surface area contributed by atoms with Gasteiger partial charge in [0.15, 0.2) is 0 Å². The maximum atomic E-state index is 5.74. The van der Waals surface area contributed by atoms with E-state index >= 15 is 0 Å². The molecule has 0 aromatic heterocycles. The van der Waals surface area contributed by atoms with Gasteiger partial charge in [0.25, 0.3) is 0 Å². The lowest BCUT2D eigenvalue weighted by molar-refractivity contribution is 0.290. The standard InChI is InChI=1S/C12H17NO/c1-9-6-11(9)8-14-12-5-3-2-4-10(12)7-13/h2-5,9,11H,6-8,13H2,1H3/t9-,11+/m0/s1. The molecule has 0 saturated heterocycles. The Bertz CT molecular complexity index is 311. The van der Waals surface area contributed by atoms with Gasteiger partial charge in [-0.25, -0.2) is 0 Å². The molecule has 0 unspecified atom stereocenters. The van der Waals surface area contributed by atoms with E-state index in [2.05, 4.69) is 6.92 Å². The minimum atomic E-state index is 0.552. The zero-order valence-corrected chi connectivity index (χ0v) is 8.57.